The molecule has 0 unspecified atom stereocenters. The van der Waals surface area contributed by atoms with Crippen LogP contribution in [-0.4, -0.2) is 49.9 Å². The topological polar surface area (TPSA) is 99.1 Å². The molecule has 0 aliphatic rings. The monoisotopic (exact) mass is 262 g/mol. The summed E-state index contributed by atoms with van der Waals surface area (Å²) < 4.78 is 13.3. The van der Waals surface area contributed by atoms with Gasteiger partial charge in [0.1, 0.15) is 0 Å². The molecule has 0 radical (unpaired) electrons. The van der Waals surface area contributed by atoms with E-state index in [1.165, 1.54) is 14.2 Å². The van der Waals surface area contributed by atoms with Crippen molar-refractivity contribution in [3.8, 4) is 0 Å². The van der Waals surface area contributed by atoms with E-state index in [1.54, 1.807) is 0 Å². The molecule has 0 amide bonds. The summed E-state index contributed by atoms with van der Waals surface area (Å²) in [6, 6.07) is 0. The highest BCUT2D eigenvalue weighted by Crippen LogP contribution is 2.22. The normalized spacial score (nSPS) is 10.7. The van der Waals surface area contributed by atoms with E-state index in [-0.39, 0.29) is 25.7 Å². The molecule has 0 saturated heterocycles. The van der Waals surface area contributed by atoms with Gasteiger partial charge < -0.3 is 19.3 Å². The average Bonchev–Trinajstić information content (AvgIpc) is 2.40. The average molecular weight is 262 g/mol. The van der Waals surface area contributed by atoms with Crippen LogP contribution in [0.5, 0.6) is 0 Å². The summed E-state index contributed by atoms with van der Waals surface area (Å²) in [6.07, 6.45) is -0.654. The van der Waals surface area contributed by atoms with E-state index in [2.05, 4.69) is 14.2 Å². The van der Waals surface area contributed by atoms with Gasteiger partial charge in [0, 0.05) is 12.8 Å². The maximum atomic E-state index is 11.5. The molecule has 0 spiro atoms. The Balaban J connectivity index is 4.57. The predicted molar refractivity (Wildman–Crippen MR) is 59.5 cm³/mol. The summed E-state index contributed by atoms with van der Waals surface area (Å²) in [5.74, 6) is -2.01. The Morgan fingerprint density at radius 1 is 0.889 bits per heavy atom. The zero-order chi connectivity index (χ0) is 14.2. The Morgan fingerprint density at radius 3 is 1.56 bits per heavy atom. The summed E-state index contributed by atoms with van der Waals surface area (Å²) >= 11 is 0. The van der Waals surface area contributed by atoms with Crippen LogP contribution in [0.3, 0.4) is 0 Å². The van der Waals surface area contributed by atoms with Gasteiger partial charge in [-0.05, 0) is 12.8 Å². The molecule has 0 bridgehead atoms. The molecule has 7 heteroatoms. The first-order valence-electron chi connectivity index (χ1n) is 5.34. The van der Waals surface area contributed by atoms with Crippen LogP contribution < -0.4 is 0 Å². The second-order valence-corrected chi connectivity index (χ2v) is 3.68. The van der Waals surface area contributed by atoms with Crippen molar-refractivity contribution in [3.05, 3.63) is 0 Å². The van der Waals surface area contributed by atoms with Gasteiger partial charge in [-0.1, -0.05) is 0 Å². The molecule has 0 heterocycles. The van der Waals surface area contributed by atoms with Gasteiger partial charge >= 0.3 is 17.9 Å². The van der Waals surface area contributed by atoms with Crippen LogP contribution in [0.25, 0.3) is 0 Å². The van der Waals surface area contributed by atoms with Gasteiger partial charge in [0.05, 0.1) is 21.3 Å². The number of hydrogen-bond acceptors (Lipinski definition) is 7. The summed E-state index contributed by atoms with van der Waals surface area (Å²) in [6.45, 7) is 0. The van der Waals surface area contributed by atoms with Gasteiger partial charge in [0.2, 0.25) is 0 Å². The summed E-state index contributed by atoms with van der Waals surface area (Å²) in [5, 5.41) is 10.1. The molecule has 0 aliphatic heterocycles. The van der Waals surface area contributed by atoms with Crippen molar-refractivity contribution in [1.82, 2.24) is 0 Å². The predicted octanol–water partition coefficient (Wildman–Crippen LogP) is -0.203. The molecular weight excluding hydrogens is 244 g/mol. The molecule has 0 saturated carbocycles. The number of carbonyl (C=O) groups is 3. The van der Waals surface area contributed by atoms with Crippen LogP contribution in [0, 0.1) is 0 Å². The van der Waals surface area contributed by atoms with Crippen LogP contribution in [0.2, 0.25) is 0 Å². The fourth-order valence-corrected chi connectivity index (χ4v) is 1.34. The van der Waals surface area contributed by atoms with Crippen molar-refractivity contribution in [1.29, 1.82) is 0 Å². The smallest absolute Gasteiger partial charge is 0.337 e. The van der Waals surface area contributed by atoms with Gasteiger partial charge in [-0.25, -0.2) is 4.79 Å². The fourth-order valence-electron chi connectivity index (χ4n) is 1.34. The van der Waals surface area contributed by atoms with Crippen LogP contribution in [-0.2, 0) is 28.6 Å². The van der Waals surface area contributed by atoms with Gasteiger partial charge in [0.25, 0.3) is 0 Å². The number of esters is 3. The third-order valence-corrected chi connectivity index (χ3v) is 2.51. The minimum atomic E-state index is -1.89. The largest absolute Gasteiger partial charge is 0.469 e. The summed E-state index contributed by atoms with van der Waals surface area (Å²) in [5.41, 5.74) is -1.89. The van der Waals surface area contributed by atoms with Crippen molar-refractivity contribution in [2.45, 2.75) is 31.3 Å². The molecular formula is C11H18O7. The van der Waals surface area contributed by atoms with E-state index in [0.717, 1.165) is 7.11 Å². The van der Waals surface area contributed by atoms with Crippen LogP contribution in [0.4, 0.5) is 0 Å². The quantitative estimate of drug-likeness (QED) is 0.501. The van der Waals surface area contributed by atoms with E-state index < -0.39 is 23.5 Å². The van der Waals surface area contributed by atoms with E-state index in [1.807, 2.05) is 0 Å². The van der Waals surface area contributed by atoms with Crippen molar-refractivity contribution in [3.63, 3.8) is 0 Å². The third kappa shape index (κ3) is 5.13. The Morgan fingerprint density at radius 2 is 1.28 bits per heavy atom. The molecule has 0 rings (SSSR count). The minimum absolute atomic E-state index is 0.150. The lowest BCUT2D eigenvalue weighted by Gasteiger charge is -2.24. The van der Waals surface area contributed by atoms with E-state index in [9.17, 15) is 19.5 Å². The molecule has 0 aromatic heterocycles. The summed E-state index contributed by atoms with van der Waals surface area (Å²) in [4.78, 5) is 33.4. The molecule has 0 aliphatic carbocycles. The molecule has 104 valence electrons. The van der Waals surface area contributed by atoms with Gasteiger partial charge in [-0.3, -0.25) is 9.59 Å². The van der Waals surface area contributed by atoms with Crippen molar-refractivity contribution in [2.75, 3.05) is 21.3 Å². The van der Waals surface area contributed by atoms with Crippen LogP contribution in [0.1, 0.15) is 25.7 Å². The first-order chi connectivity index (χ1) is 8.39. The van der Waals surface area contributed by atoms with Crippen LogP contribution >= 0.6 is 0 Å². The summed E-state index contributed by atoms with van der Waals surface area (Å²) in [7, 11) is 3.52. The molecule has 0 fully saturated rings. The number of methoxy groups -OCH3 is 3. The van der Waals surface area contributed by atoms with Crippen molar-refractivity contribution < 1.29 is 33.7 Å². The number of ether oxygens (including phenoxy) is 3. The zero-order valence-corrected chi connectivity index (χ0v) is 10.7. The second-order valence-electron chi connectivity index (χ2n) is 3.68. The van der Waals surface area contributed by atoms with Crippen molar-refractivity contribution >= 4 is 17.9 Å². The Labute approximate surface area is 105 Å². The lowest BCUT2D eigenvalue weighted by atomic mass is 9.92. The molecule has 7 nitrogen and oxygen atoms in total. The Hall–Kier alpha value is -1.63. The van der Waals surface area contributed by atoms with Gasteiger partial charge in [0.15, 0.2) is 5.60 Å². The maximum Gasteiger partial charge on any atom is 0.337 e. The molecule has 0 aromatic carbocycles. The van der Waals surface area contributed by atoms with E-state index in [0.29, 0.717) is 0 Å². The highest BCUT2D eigenvalue weighted by molar-refractivity contribution is 5.81. The first-order valence-corrected chi connectivity index (χ1v) is 5.34. The number of carbonyl (C=O) groups excluding carboxylic acids is 3. The SMILES string of the molecule is COC(=O)CCC(O)(CCC(=O)OC)C(=O)OC. The number of aliphatic hydroxyl groups is 1. The Bertz CT molecular complexity index is 291. The fraction of sp³-hybridized carbons (Fsp3) is 0.727. The maximum absolute atomic E-state index is 11.5. The van der Waals surface area contributed by atoms with Crippen LogP contribution in [0.15, 0.2) is 0 Å². The van der Waals surface area contributed by atoms with Gasteiger partial charge in [-0.2, -0.15) is 0 Å². The number of hydrogen-bond donors (Lipinski definition) is 1. The first kappa shape index (κ1) is 16.4. The van der Waals surface area contributed by atoms with Gasteiger partial charge in [-0.15, -0.1) is 0 Å². The molecule has 1 N–H and O–H groups in total. The second kappa shape index (κ2) is 7.65. The van der Waals surface area contributed by atoms with E-state index >= 15 is 0 Å². The lowest BCUT2D eigenvalue weighted by molar-refractivity contribution is -0.166. The molecule has 18 heavy (non-hydrogen) atoms. The lowest BCUT2D eigenvalue weighted by Crippen LogP contribution is -2.40. The number of rotatable bonds is 7. The minimum Gasteiger partial charge on any atom is -0.469 e. The highest BCUT2D eigenvalue weighted by atomic mass is 16.5. The van der Waals surface area contributed by atoms with E-state index in [4.69, 9.17) is 0 Å². The molecule has 0 atom stereocenters. The third-order valence-electron chi connectivity index (χ3n) is 2.51. The Kier molecular flexibility index (Phi) is 6.96. The highest BCUT2D eigenvalue weighted by Gasteiger charge is 2.37. The zero-order valence-electron chi connectivity index (χ0n) is 10.7. The standard InChI is InChI=1S/C11H18O7/c1-16-8(12)4-6-11(15,10(14)18-3)7-5-9(13)17-2/h15H,4-7H2,1-3H3. The molecule has 0 aromatic rings. The van der Waals surface area contributed by atoms with Crippen molar-refractivity contribution in [2.24, 2.45) is 0 Å².